The maximum absolute atomic E-state index is 12.0. The number of amides is 2. The molecule has 0 saturated carbocycles. The Balaban J connectivity index is 1.86. The van der Waals surface area contributed by atoms with E-state index in [0.29, 0.717) is 5.39 Å². The zero-order chi connectivity index (χ0) is 16.1. The molecule has 22 heavy (non-hydrogen) atoms. The van der Waals surface area contributed by atoms with Crippen LogP contribution in [-0.2, 0) is 9.59 Å². The van der Waals surface area contributed by atoms with Crippen LogP contribution in [0.3, 0.4) is 0 Å². The Labute approximate surface area is 125 Å². The molecule has 1 atom stereocenters. The number of nitrogens with zero attached hydrogens (tertiary/aromatic N) is 1. The Bertz CT molecular complexity index is 710. The first-order valence-electron chi connectivity index (χ1n) is 6.72. The van der Waals surface area contributed by atoms with Gasteiger partial charge in [-0.25, -0.2) is 0 Å². The van der Waals surface area contributed by atoms with E-state index in [2.05, 4.69) is 20.8 Å². The fourth-order valence-electron chi connectivity index (χ4n) is 1.89. The highest BCUT2D eigenvalue weighted by Gasteiger charge is 2.15. The van der Waals surface area contributed by atoms with E-state index >= 15 is 0 Å². The van der Waals surface area contributed by atoms with Crippen LogP contribution in [-0.4, -0.2) is 45.7 Å². The van der Waals surface area contributed by atoms with E-state index in [0.717, 1.165) is 5.52 Å². The third-order valence-corrected chi connectivity index (χ3v) is 3.07. The topological polar surface area (TPSA) is 124 Å². The smallest absolute Gasteiger partial charge is 0.325 e. The first-order chi connectivity index (χ1) is 10.5. The van der Waals surface area contributed by atoms with Crippen molar-refractivity contribution in [2.24, 2.45) is 0 Å². The van der Waals surface area contributed by atoms with Crippen molar-refractivity contribution < 1.29 is 19.5 Å². The number of aromatic nitrogens is 2. The second-order valence-corrected chi connectivity index (χ2v) is 4.75. The Morgan fingerprint density at radius 1 is 1.32 bits per heavy atom. The number of benzene rings is 1. The number of hydrogen-bond acceptors (Lipinski definition) is 4. The second kappa shape index (κ2) is 6.70. The van der Waals surface area contributed by atoms with Gasteiger partial charge in [0.25, 0.3) is 5.91 Å². The Morgan fingerprint density at radius 2 is 2.05 bits per heavy atom. The Kier molecular flexibility index (Phi) is 4.72. The fraction of sp³-hybridized carbons (Fsp3) is 0.286. The molecule has 0 saturated heterocycles. The van der Waals surface area contributed by atoms with Gasteiger partial charge in [-0.2, -0.15) is 5.10 Å². The number of aromatic amines is 1. The molecule has 8 nitrogen and oxygen atoms in total. The highest BCUT2D eigenvalue weighted by Crippen LogP contribution is 2.14. The largest absolute Gasteiger partial charge is 0.480 e. The van der Waals surface area contributed by atoms with Gasteiger partial charge in [-0.1, -0.05) is 18.2 Å². The van der Waals surface area contributed by atoms with E-state index in [9.17, 15) is 14.4 Å². The van der Waals surface area contributed by atoms with E-state index < -0.39 is 23.8 Å². The van der Waals surface area contributed by atoms with E-state index in [1.54, 1.807) is 18.2 Å². The van der Waals surface area contributed by atoms with Crippen LogP contribution in [0.25, 0.3) is 10.9 Å². The minimum atomic E-state index is -1.11. The number of carboxylic acids is 1. The molecule has 0 fully saturated rings. The lowest BCUT2D eigenvalue weighted by molar-refractivity contribution is -0.141. The van der Waals surface area contributed by atoms with Crippen LogP contribution < -0.4 is 10.6 Å². The molecule has 1 aromatic carbocycles. The summed E-state index contributed by atoms with van der Waals surface area (Å²) < 4.78 is 0. The van der Waals surface area contributed by atoms with Crippen molar-refractivity contribution >= 4 is 28.7 Å². The maximum Gasteiger partial charge on any atom is 0.325 e. The number of para-hydroxylation sites is 1. The quantitative estimate of drug-likeness (QED) is 0.610. The number of rotatable bonds is 6. The third kappa shape index (κ3) is 3.60. The standard InChI is InChI=1S/C14H16N4O4/c1-8(14(21)22)16-11(19)6-7-15-13(20)12-9-4-2-3-5-10(9)17-18-12/h2-5,8H,6-7H2,1H3,(H,15,20)(H,16,19)(H,17,18)(H,21,22)/t8-/m1/s1. The van der Waals surface area contributed by atoms with Crippen molar-refractivity contribution in [1.82, 2.24) is 20.8 Å². The van der Waals surface area contributed by atoms with Crippen molar-refractivity contribution in [1.29, 1.82) is 0 Å². The maximum atomic E-state index is 12.0. The average molecular weight is 304 g/mol. The summed E-state index contributed by atoms with van der Waals surface area (Å²) in [5.41, 5.74) is 1.01. The summed E-state index contributed by atoms with van der Waals surface area (Å²) in [7, 11) is 0. The summed E-state index contributed by atoms with van der Waals surface area (Å²) in [6.07, 6.45) is -0.00822. The number of hydrogen-bond donors (Lipinski definition) is 4. The van der Waals surface area contributed by atoms with Gasteiger partial charge in [0.1, 0.15) is 6.04 Å². The van der Waals surface area contributed by atoms with Gasteiger partial charge in [0.2, 0.25) is 5.91 Å². The van der Waals surface area contributed by atoms with Crippen LogP contribution in [0.4, 0.5) is 0 Å². The van der Waals surface area contributed by atoms with Crippen LogP contribution >= 0.6 is 0 Å². The molecule has 2 aromatic rings. The first kappa shape index (κ1) is 15.5. The summed E-state index contributed by atoms with van der Waals surface area (Å²) >= 11 is 0. The molecule has 8 heteroatoms. The molecule has 116 valence electrons. The molecule has 2 rings (SSSR count). The molecule has 4 N–H and O–H groups in total. The minimum Gasteiger partial charge on any atom is -0.480 e. The van der Waals surface area contributed by atoms with Gasteiger partial charge in [-0.05, 0) is 13.0 Å². The Morgan fingerprint density at radius 3 is 2.77 bits per heavy atom. The highest BCUT2D eigenvalue weighted by atomic mass is 16.4. The first-order valence-corrected chi connectivity index (χ1v) is 6.72. The summed E-state index contributed by atoms with van der Waals surface area (Å²) in [6, 6.07) is 6.25. The number of aliphatic carboxylic acids is 1. The monoisotopic (exact) mass is 304 g/mol. The average Bonchev–Trinajstić information content (AvgIpc) is 2.90. The molecule has 0 aliphatic heterocycles. The molecule has 1 heterocycles. The van der Waals surface area contributed by atoms with Crippen molar-refractivity contribution in [2.45, 2.75) is 19.4 Å². The molecule has 0 spiro atoms. The van der Waals surface area contributed by atoms with Crippen LogP contribution in [0.1, 0.15) is 23.8 Å². The lowest BCUT2D eigenvalue weighted by Crippen LogP contribution is -2.39. The summed E-state index contributed by atoms with van der Waals surface area (Å²) in [6.45, 7) is 1.47. The van der Waals surface area contributed by atoms with Crippen molar-refractivity contribution in [3.8, 4) is 0 Å². The molecule has 0 aliphatic carbocycles. The van der Waals surface area contributed by atoms with Crippen molar-refractivity contribution in [2.75, 3.05) is 6.54 Å². The van der Waals surface area contributed by atoms with E-state index in [1.807, 2.05) is 6.07 Å². The Hall–Kier alpha value is -2.90. The third-order valence-electron chi connectivity index (χ3n) is 3.07. The van der Waals surface area contributed by atoms with Gasteiger partial charge in [0.15, 0.2) is 5.69 Å². The summed E-state index contributed by atoms with van der Waals surface area (Å²) in [4.78, 5) is 34.1. The second-order valence-electron chi connectivity index (χ2n) is 4.75. The van der Waals surface area contributed by atoms with Crippen molar-refractivity contribution in [3.63, 3.8) is 0 Å². The number of carbonyl (C=O) groups excluding carboxylic acids is 2. The lowest BCUT2D eigenvalue weighted by atomic mass is 10.2. The molecule has 0 unspecified atom stereocenters. The molecule has 1 aromatic heterocycles. The SMILES string of the molecule is C[C@@H](NC(=O)CCNC(=O)c1n[nH]c2ccccc12)C(=O)O. The van der Waals surface area contributed by atoms with Crippen LogP contribution in [0.5, 0.6) is 0 Å². The van der Waals surface area contributed by atoms with Gasteiger partial charge in [-0.3, -0.25) is 19.5 Å². The van der Waals surface area contributed by atoms with Crippen molar-refractivity contribution in [3.05, 3.63) is 30.0 Å². The van der Waals surface area contributed by atoms with E-state index in [1.165, 1.54) is 6.92 Å². The predicted octanol–water partition coefficient (Wildman–Crippen LogP) is 0.272. The van der Waals surface area contributed by atoms with Crippen LogP contribution in [0.2, 0.25) is 0 Å². The zero-order valence-corrected chi connectivity index (χ0v) is 11.9. The lowest BCUT2D eigenvalue weighted by Gasteiger charge is -2.09. The number of fused-ring (bicyclic) bond motifs is 1. The van der Waals surface area contributed by atoms with E-state index in [4.69, 9.17) is 5.11 Å². The molecule has 0 bridgehead atoms. The van der Waals surface area contributed by atoms with Gasteiger partial charge in [0.05, 0.1) is 5.52 Å². The van der Waals surface area contributed by atoms with Crippen LogP contribution in [0.15, 0.2) is 24.3 Å². The summed E-state index contributed by atoms with van der Waals surface area (Å²) in [5, 5.41) is 21.0. The van der Waals surface area contributed by atoms with Gasteiger partial charge in [0, 0.05) is 18.4 Å². The fourth-order valence-corrected chi connectivity index (χ4v) is 1.89. The molecular weight excluding hydrogens is 288 g/mol. The number of nitrogens with one attached hydrogen (secondary N) is 3. The molecular formula is C14H16N4O4. The normalized spacial score (nSPS) is 11.9. The number of carboxylic acid groups (broad SMARTS) is 1. The highest BCUT2D eigenvalue weighted by molar-refractivity contribution is 6.04. The van der Waals surface area contributed by atoms with Gasteiger partial charge in [-0.15, -0.1) is 0 Å². The predicted molar refractivity (Wildman–Crippen MR) is 78.3 cm³/mol. The van der Waals surface area contributed by atoms with Gasteiger partial charge < -0.3 is 15.7 Å². The molecule has 0 radical (unpaired) electrons. The number of carbonyl (C=O) groups is 3. The van der Waals surface area contributed by atoms with Gasteiger partial charge >= 0.3 is 5.97 Å². The number of H-pyrrole nitrogens is 1. The summed E-state index contributed by atoms with van der Waals surface area (Å²) in [5.74, 6) is -1.95. The van der Waals surface area contributed by atoms with Crippen LogP contribution in [0, 0.1) is 0 Å². The molecule has 0 aliphatic rings. The molecule has 2 amide bonds. The van der Waals surface area contributed by atoms with E-state index in [-0.39, 0.29) is 18.7 Å². The minimum absolute atomic E-state index is 0.00822. The zero-order valence-electron chi connectivity index (χ0n) is 11.9.